The number of benzene rings is 1. The lowest BCUT2D eigenvalue weighted by molar-refractivity contribution is -0.116. The molecule has 0 unspecified atom stereocenters. The van der Waals surface area contributed by atoms with Gasteiger partial charge in [0.2, 0.25) is 5.91 Å². The molecule has 110 valence electrons. The summed E-state index contributed by atoms with van der Waals surface area (Å²) in [7, 11) is 1.83. The van der Waals surface area contributed by atoms with Gasteiger partial charge >= 0.3 is 0 Å². The molecule has 1 aromatic heterocycles. The lowest BCUT2D eigenvalue weighted by Crippen LogP contribution is -2.24. The van der Waals surface area contributed by atoms with E-state index in [1.54, 1.807) is 4.68 Å². The fourth-order valence-electron chi connectivity index (χ4n) is 2.72. The first-order chi connectivity index (χ1) is 10.0. The van der Waals surface area contributed by atoms with E-state index in [4.69, 9.17) is 4.74 Å². The Morgan fingerprint density at radius 2 is 2.24 bits per heavy atom. The molecule has 0 aliphatic carbocycles. The minimum Gasteiger partial charge on any atom is -0.491 e. The molecular formula is C16H19N3O2. The average molecular weight is 285 g/mol. The average Bonchev–Trinajstić information content (AvgIpc) is 2.79. The second-order valence-corrected chi connectivity index (χ2v) is 5.62. The minimum absolute atomic E-state index is 0.0197. The molecule has 0 radical (unpaired) electrons. The predicted molar refractivity (Wildman–Crippen MR) is 80.5 cm³/mol. The number of aromatic nitrogens is 2. The van der Waals surface area contributed by atoms with Crippen molar-refractivity contribution in [3.8, 4) is 5.75 Å². The molecule has 1 aliphatic heterocycles. The molecule has 1 amide bonds. The van der Waals surface area contributed by atoms with Crippen molar-refractivity contribution in [3.05, 3.63) is 41.6 Å². The van der Waals surface area contributed by atoms with Crippen LogP contribution in [-0.2, 0) is 11.8 Å². The molecule has 1 N–H and O–H groups in total. The van der Waals surface area contributed by atoms with Crippen molar-refractivity contribution in [1.29, 1.82) is 0 Å². The van der Waals surface area contributed by atoms with Gasteiger partial charge in [-0.25, -0.2) is 0 Å². The van der Waals surface area contributed by atoms with Crippen molar-refractivity contribution in [1.82, 2.24) is 9.78 Å². The molecule has 0 fully saturated rings. The molecule has 1 atom stereocenters. The third kappa shape index (κ3) is 2.63. The fraction of sp³-hybridized carbons (Fsp3) is 0.375. The monoisotopic (exact) mass is 285 g/mol. The summed E-state index contributed by atoms with van der Waals surface area (Å²) in [5.74, 6) is 1.66. The maximum absolute atomic E-state index is 11.9. The van der Waals surface area contributed by atoms with Crippen molar-refractivity contribution in [2.24, 2.45) is 7.05 Å². The standard InChI is InChI=1S/C16H19N3O2/c1-10(2)21-12-6-4-5-11(7-12)13-8-15(20)18-16-14(13)9-17-19(16)3/h4-7,9-10,13H,8H2,1-3H3,(H,18,20)/t13-/m0/s1. The number of hydrogen-bond acceptors (Lipinski definition) is 3. The lowest BCUT2D eigenvalue weighted by Gasteiger charge is -2.23. The highest BCUT2D eigenvalue weighted by molar-refractivity contribution is 5.94. The first-order valence-corrected chi connectivity index (χ1v) is 7.13. The van der Waals surface area contributed by atoms with Crippen LogP contribution in [0.4, 0.5) is 5.82 Å². The summed E-state index contributed by atoms with van der Waals surface area (Å²) < 4.78 is 7.45. The number of aryl methyl sites for hydroxylation is 1. The quantitative estimate of drug-likeness (QED) is 0.943. The zero-order chi connectivity index (χ0) is 15.0. The minimum atomic E-state index is 0.0197. The number of carbonyl (C=O) groups is 1. The van der Waals surface area contributed by atoms with Gasteiger partial charge in [-0.15, -0.1) is 0 Å². The summed E-state index contributed by atoms with van der Waals surface area (Å²) in [5.41, 5.74) is 2.14. The molecule has 1 aliphatic rings. The lowest BCUT2D eigenvalue weighted by atomic mass is 9.87. The first-order valence-electron chi connectivity index (χ1n) is 7.13. The van der Waals surface area contributed by atoms with E-state index in [9.17, 15) is 4.79 Å². The van der Waals surface area contributed by atoms with E-state index in [-0.39, 0.29) is 17.9 Å². The van der Waals surface area contributed by atoms with Gasteiger partial charge in [-0.2, -0.15) is 5.10 Å². The van der Waals surface area contributed by atoms with Crippen LogP contribution in [-0.4, -0.2) is 21.8 Å². The Labute approximate surface area is 123 Å². The van der Waals surface area contributed by atoms with E-state index in [0.29, 0.717) is 6.42 Å². The van der Waals surface area contributed by atoms with Crippen LogP contribution in [0.3, 0.4) is 0 Å². The number of hydrogen-bond donors (Lipinski definition) is 1. The Hall–Kier alpha value is -2.30. The predicted octanol–water partition coefficient (Wildman–Crippen LogP) is 2.68. The summed E-state index contributed by atoms with van der Waals surface area (Å²) in [6, 6.07) is 7.96. The zero-order valence-corrected chi connectivity index (χ0v) is 12.5. The van der Waals surface area contributed by atoms with Crippen molar-refractivity contribution in [2.45, 2.75) is 32.3 Å². The number of anilines is 1. The van der Waals surface area contributed by atoms with Gasteiger partial charge in [-0.05, 0) is 31.5 Å². The van der Waals surface area contributed by atoms with Gasteiger partial charge in [0.05, 0.1) is 12.3 Å². The van der Waals surface area contributed by atoms with Gasteiger partial charge in [-0.1, -0.05) is 12.1 Å². The van der Waals surface area contributed by atoms with Crippen LogP contribution in [0, 0.1) is 0 Å². The molecule has 0 bridgehead atoms. The van der Waals surface area contributed by atoms with E-state index in [1.165, 1.54) is 0 Å². The second kappa shape index (κ2) is 5.24. The summed E-state index contributed by atoms with van der Waals surface area (Å²) in [4.78, 5) is 11.9. The highest BCUT2D eigenvalue weighted by Crippen LogP contribution is 2.37. The first kappa shape index (κ1) is 13.7. The molecule has 2 aromatic rings. The molecule has 3 rings (SSSR count). The second-order valence-electron chi connectivity index (χ2n) is 5.62. The van der Waals surface area contributed by atoms with Crippen LogP contribution in [0.2, 0.25) is 0 Å². The largest absolute Gasteiger partial charge is 0.491 e. The van der Waals surface area contributed by atoms with E-state index in [1.807, 2.05) is 51.4 Å². The molecule has 0 spiro atoms. The van der Waals surface area contributed by atoms with Crippen molar-refractivity contribution >= 4 is 11.7 Å². The topological polar surface area (TPSA) is 56.1 Å². The number of carbonyl (C=O) groups excluding carboxylic acids is 1. The molecular weight excluding hydrogens is 266 g/mol. The molecule has 5 nitrogen and oxygen atoms in total. The summed E-state index contributed by atoms with van der Waals surface area (Å²) >= 11 is 0. The third-order valence-corrected chi connectivity index (χ3v) is 3.62. The van der Waals surface area contributed by atoms with Gasteiger partial charge in [-0.3, -0.25) is 9.48 Å². The molecule has 5 heteroatoms. The Balaban J connectivity index is 1.98. The van der Waals surface area contributed by atoms with Gasteiger partial charge < -0.3 is 10.1 Å². The highest BCUT2D eigenvalue weighted by Gasteiger charge is 2.29. The summed E-state index contributed by atoms with van der Waals surface area (Å²) in [6.45, 7) is 4.00. The number of nitrogens with one attached hydrogen (secondary N) is 1. The number of amides is 1. The normalized spacial score (nSPS) is 17.5. The zero-order valence-electron chi connectivity index (χ0n) is 12.5. The maximum Gasteiger partial charge on any atom is 0.226 e. The van der Waals surface area contributed by atoms with Gasteiger partial charge in [0.15, 0.2) is 0 Å². The number of ether oxygens (including phenoxy) is 1. The van der Waals surface area contributed by atoms with Crippen molar-refractivity contribution in [2.75, 3.05) is 5.32 Å². The van der Waals surface area contributed by atoms with Crippen molar-refractivity contribution in [3.63, 3.8) is 0 Å². The summed E-state index contributed by atoms with van der Waals surface area (Å²) in [6.07, 6.45) is 2.39. The molecule has 0 saturated heterocycles. The maximum atomic E-state index is 11.9. The number of nitrogens with zero attached hydrogens (tertiary/aromatic N) is 2. The van der Waals surface area contributed by atoms with Gasteiger partial charge in [0.25, 0.3) is 0 Å². The number of rotatable bonds is 3. The van der Waals surface area contributed by atoms with Crippen LogP contribution >= 0.6 is 0 Å². The smallest absolute Gasteiger partial charge is 0.226 e. The molecule has 1 aromatic carbocycles. The molecule has 0 saturated carbocycles. The Morgan fingerprint density at radius 3 is 3.00 bits per heavy atom. The van der Waals surface area contributed by atoms with E-state index >= 15 is 0 Å². The fourth-order valence-corrected chi connectivity index (χ4v) is 2.72. The molecule has 21 heavy (non-hydrogen) atoms. The summed E-state index contributed by atoms with van der Waals surface area (Å²) in [5, 5.41) is 7.13. The SMILES string of the molecule is CC(C)Oc1cccc([C@@H]2CC(=O)Nc3c2cnn3C)c1. The van der Waals surface area contributed by atoms with Crippen LogP contribution in [0.25, 0.3) is 0 Å². The Bertz CT molecular complexity index is 676. The van der Waals surface area contributed by atoms with Crippen LogP contribution in [0.1, 0.15) is 37.3 Å². The van der Waals surface area contributed by atoms with Crippen LogP contribution in [0.5, 0.6) is 5.75 Å². The van der Waals surface area contributed by atoms with Crippen molar-refractivity contribution < 1.29 is 9.53 Å². The van der Waals surface area contributed by atoms with Crippen LogP contribution < -0.4 is 10.1 Å². The number of fused-ring (bicyclic) bond motifs is 1. The Kier molecular flexibility index (Phi) is 3.41. The van der Waals surface area contributed by atoms with E-state index in [0.717, 1.165) is 22.7 Å². The highest BCUT2D eigenvalue weighted by atomic mass is 16.5. The van der Waals surface area contributed by atoms with E-state index in [2.05, 4.69) is 10.4 Å². The van der Waals surface area contributed by atoms with Gasteiger partial charge in [0, 0.05) is 24.9 Å². The Morgan fingerprint density at radius 1 is 1.43 bits per heavy atom. The van der Waals surface area contributed by atoms with Crippen LogP contribution in [0.15, 0.2) is 30.5 Å². The van der Waals surface area contributed by atoms with E-state index < -0.39 is 0 Å². The van der Waals surface area contributed by atoms with Gasteiger partial charge in [0.1, 0.15) is 11.6 Å². The molecule has 2 heterocycles. The third-order valence-electron chi connectivity index (χ3n) is 3.62.